The highest BCUT2D eigenvalue weighted by Gasteiger charge is 2.42. The van der Waals surface area contributed by atoms with E-state index in [0.717, 1.165) is 18.2 Å². The maximum absolute atomic E-state index is 13.4. The van der Waals surface area contributed by atoms with Gasteiger partial charge in [0.15, 0.2) is 11.4 Å². The predicted molar refractivity (Wildman–Crippen MR) is 75.5 cm³/mol. The third kappa shape index (κ3) is 3.92. The van der Waals surface area contributed by atoms with Gasteiger partial charge in [-0.3, -0.25) is 4.79 Å². The molecular weight excluding hydrogens is 348 g/mol. The molecule has 2 rings (SSSR count). The lowest BCUT2D eigenvalue weighted by Gasteiger charge is -2.13. The smallest absolute Gasteiger partial charge is 0.435 e. The fraction of sp³-hybridized carbons (Fsp3) is 0.286. The van der Waals surface area contributed by atoms with E-state index in [1.807, 2.05) is 5.32 Å². The number of nitrogens with zero attached hydrogens (tertiary/aromatic N) is 3. The summed E-state index contributed by atoms with van der Waals surface area (Å²) in [4.78, 5) is 23.0. The molecule has 7 nitrogen and oxygen atoms in total. The quantitative estimate of drug-likeness (QED) is 0.795. The highest BCUT2D eigenvalue weighted by Crippen LogP contribution is 2.32. The molecule has 1 amide bonds. The average Bonchev–Trinajstić information content (AvgIpc) is 2.97. The molecule has 1 aromatic carbocycles. The van der Waals surface area contributed by atoms with Crippen LogP contribution in [0.3, 0.4) is 0 Å². The van der Waals surface area contributed by atoms with E-state index in [9.17, 15) is 27.2 Å². The first kappa shape index (κ1) is 18.4. The molecule has 0 fully saturated rings. The van der Waals surface area contributed by atoms with E-state index in [2.05, 4.69) is 10.3 Å². The number of carbonyl (C=O) groups excluding carboxylic acids is 1. The van der Waals surface area contributed by atoms with Gasteiger partial charge in [0, 0.05) is 0 Å². The Hall–Kier alpha value is -2.98. The third-order valence-corrected chi connectivity index (χ3v) is 3.22. The number of carboxylic acids is 1. The molecule has 0 aliphatic carbocycles. The lowest BCUT2D eigenvalue weighted by molar-refractivity contribution is -0.143. The Morgan fingerprint density at radius 2 is 2.04 bits per heavy atom. The van der Waals surface area contributed by atoms with Crippen molar-refractivity contribution in [2.24, 2.45) is 0 Å². The summed E-state index contributed by atoms with van der Waals surface area (Å²) in [6, 6.07) is 2.76. The number of amides is 1. The van der Waals surface area contributed by atoms with Crippen molar-refractivity contribution in [3.63, 3.8) is 0 Å². The Balaban J connectivity index is 2.50. The minimum Gasteiger partial charge on any atom is -0.480 e. The number of hydrogen-bond donors (Lipinski definition) is 2. The topological polar surface area (TPSA) is 97.1 Å². The van der Waals surface area contributed by atoms with E-state index in [0.29, 0.717) is 0 Å². The van der Waals surface area contributed by atoms with Crippen LogP contribution >= 0.6 is 0 Å². The van der Waals surface area contributed by atoms with Crippen LogP contribution in [0.15, 0.2) is 24.3 Å². The van der Waals surface area contributed by atoms with E-state index >= 15 is 0 Å². The molecule has 0 radical (unpaired) electrons. The second-order valence-electron chi connectivity index (χ2n) is 4.95. The number of halogens is 4. The third-order valence-electron chi connectivity index (χ3n) is 3.22. The van der Waals surface area contributed by atoms with E-state index in [1.54, 1.807) is 0 Å². The molecule has 2 N–H and O–H groups in total. The van der Waals surface area contributed by atoms with Gasteiger partial charge in [-0.2, -0.15) is 13.2 Å². The molecule has 0 saturated heterocycles. The number of aliphatic carboxylic acids is 1. The molecule has 1 atom stereocenters. The summed E-state index contributed by atoms with van der Waals surface area (Å²) in [6.45, 7) is 1.44. The molecule has 11 heteroatoms. The summed E-state index contributed by atoms with van der Waals surface area (Å²) in [5.74, 6) is -3.55. The standard InChI is InChI=1S/C14H12F4N4O3/c1-2-9(13(24)25)19-12(23)10-11(14(16,17)18)22(21-20-10)8-5-3-4-7(15)6-8/h3-6,9H,2H2,1H3,(H,19,23)(H,24,25). The highest BCUT2D eigenvalue weighted by atomic mass is 19.4. The Kier molecular flexibility index (Phi) is 5.04. The van der Waals surface area contributed by atoms with Crippen molar-refractivity contribution in [2.45, 2.75) is 25.6 Å². The van der Waals surface area contributed by atoms with E-state index in [-0.39, 0.29) is 16.8 Å². The lowest BCUT2D eigenvalue weighted by Crippen LogP contribution is -2.41. The monoisotopic (exact) mass is 360 g/mol. The number of hydrogen-bond acceptors (Lipinski definition) is 4. The first-order chi connectivity index (χ1) is 11.6. The van der Waals surface area contributed by atoms with Crippen molar-refractivity contribution in [1.29, 1.82) is 0 Å². The van der Waals surface area contributed by atoms with Crippen molar-refractivity contribution in [1.82, 2.24) is 20.3 Å². The molecule has 0 saturated carbocycles. The minimum atomic E-state index is -5.03. The summed E-state index contributed by atoms with van der Waals surface area (Å²) in [7, 11) is 0. The number of carbonyl (C=O) groups is 2. The molecular formula is C14H12F4N4O3. The van der Waals surface area contributed by atoms with Crippen LogP contribution in [0.5, 0.6) is 0 Å². The summed E-state index contributed by atoms with van der Waals surface area (Å²) in [5.41, 5.74) is -2.92. The summed E-state index contributed by atoms with van der Waals surface area (Å²) in [6.07, 6.45) is -5.08. The largest absolute Gasteiger partial charge is 0.480 e. The molecule has 2 aromatic rings. The van der Waals surface area contributed by atoms with Crippen LogP contribution in [0.4, 0.5) is 17.6 Å². The van der Waals surface area contributed by atoms with Gasteiger partial charge in [0.1, 0.15) is 11.9 Å². The normalized spacial score (nSPS) is 12.7. The zero-order chi connectivity index (χ0) is 18.8. The van der Waals surface area contributed by atoms with Gasteiger partial charge >= 0.3 is 12.1 Å². The molecule has 0 spiro atoms. The highest BCUT2D eigenvalue weighted by molar-refractivity contribution is 5.96. The molecule has 1 aromatic heterocycles. The number of rotatable bonds is 5. The molecule has 0 bridgehead atoms. The first-order valence-corrected chi connectivity index (χ1v) is 6.97. The van der Waals surface area contributed by atoms with Crippen LogP contribution in [-0.4, -0.2) is 38.0 Å². The Bertz CT molecular complexity index is 804. The van der Waals surface area contributed by atoms with Crippen molar-refractivity contribution in [2.75, 3.05) is 0 Å². The molecule has 1 heterocycles. The maximum atomic E-state index is 13.4. The SMILES string of the molecule is CCC(NC(=O)c1nnn(-c2cccc(F)c2)c1C(F)(F)F)C(=O)O. The fourth-order valence-corrected chi connectivity index (χ4v) is 2.04. The van der Waals surface area contributed by atoms with Gasteiger partial charge in [-0.05, 0) is 24.6 Å². The van der Waals surface area contributed by atoms with Gasteiger partial charge in [-0.25, -0.2) is 13.9 Å². The van der Waals surface area contributed by atoms with Crippen molar-refractivity contribution in [3.8, 4) is 5.69 Å². The van der Waals surface area contributed by atoms with Gasteiger partial charge in [0.2, 0.25) is 0 Å². The van der Waals surface area contributed by atoms with Crippen molar-refractivity contribution in [3.05, 3.63) is 41.5 Å². The number of benzene rings is 1. The first-order valence-electron chi connectivity index (χ1n) is 6.97. The molecule has 25 heavy (non-hydrogen) atoms. The van der Waals surface area contributed by atoms with Gasteiger partial charge in [0.25, 0.3) is 5.91 Å². The second-order valence-corrected chi connectivity index (χ2v) is 4.95. The molecule has 134 valence electrons. The van der Waals surface area contributed by atoms with E-state index < -0.39 is 41.3 Å². The molecule has 1 unspecified atom stereocenters. The molecule has 0 aliphatic heterocycles. The summed E-state index contributed by atoms with van der Waals surface area (Å²) >= 11 is 0. The average molecular weight is 360 g/mol. The van der Waals surface area contributed by atoms with E-state index in [4.69, 9.17) is 5.11 Å². The van der Waals surface area contributed by atoms with Gasteiger partial charge < -0.3 is 10.4 Å². The number of nitrogens with one attached hydrogen (secondary N) is 1. The van der Waals surface area contributed by atoms with Crippen LogP contribution in [0.25, 0.3) is 5.69 Å². The Labute approximate surface area is 138 Å². The fourth-order valence-electron chi connectivity index (χ4n) is 2.04. The van der Waals surface area contributed by atoms with Crippen LogP contribution in [0.2, 0.25) is 0 Å². The number of alkyl halides is 3. The minimum absolute atomic E-state index is 0.0412. The van der Waals surface area contributed by atoms with Crippen LogP contribution in [-0.2, 0) is 11.0 Å². The lowest BCUT2D eigenvalue weighted by atomic mass is 10.2. The summed E-state index contributed by atoms with van der Waals surface area (Å²) in [5, 5.41) is 17.3. The molecule has 0 aliphatic rings. The summed E-state index contributed by atoms with van der Waals surface area (Å²) < 4.78 is 53.7. The van der Waals surface area contributed by atoms with Crippen LogP contribution in [0.1, 0.15) is 29.5 Å². The van der Waals surface area contributed by atoms with Gasteiger partial charge in [-0.15, -0.1) is 5.10 Å². The predicted octanol–water partition coefficient (Wildman–Crippen LogP) is 2.02. The van der Waals surface area contributed by atoms with E-state index in [1.165, 1.54) is 13.0 Å². The van der Waals surface area contributed by atoms with Crippen LogP contribution in [0, 0.1) is 5.82 Å². The zero-order valence-corrected chi connectivity index (χ0v) is 12.7. The number of carboxylic acid groups (broad SMARTS) is 1. The van der Waals surface area contributed by atoms with Crippen LogP contribution < -0.4 is 5.32 Å². The van der Waals surface area contributed by atoms with Gasteiger partial charge in [-0.1, -0.05) is 18.2 Å². The maximum Gasteiger partial charge on any atom is 0.435 e. The number of aromatic nitrogens is 3. The van der Waals surface area contributed by atoms with Gasteiger partial charge in [0.05, 0.1) is 5.69 Å². The van der Waals surface area contributed by atoms with Crippen molar-refractivity contribution < 1.29 is 32.3 Å². The zero-order valence-electron chi connectivity index (χ0n) is 12.7. The van der Waals surface area contributed by atoms with Crippen molar-refractivity contribution >= 4 is 11.9 Å². The Morgan fingerprint density at radius 1 is 1.36 bits per heavy atom. The Morgan fingerprint density at radius 3 is 2.56 bits per heavy atom. The second kappa shape index (κ2) is 6.87.